The molecular weight excluding hydrogens is 484 g/mol. The van der Waals surface area contributed by atoms with Crippen molar-refractivity contribution in [1.82, 2.24) is 10.2 Å². The van der Waals surface area contributed by atoms with Gasteiger partial charge in [0.15, 0.2) is 0 Å². The number of hydrogen-bond donors (Lipinski definition) is 3. The average molecular weight is 545 g/mol. The van der Waals surface area contributed by atoms with Crippen molar-refractivity contribution in [1.29, 1.82) is 0 Å². The zero-order valence-electron chi connectivity index (χ0n) is 25.8. The third-order valence-electron chi connectivity index (χ3n) is 13.3. The summed E-state index contributed by atoms with van der Waals surface area (Å²) in [5, 5.41) is 26.0. The monoisotopic (exact) mass is 544 g/mol. The van der Waals surface area contributed by atoms with Gasteiger partial charge in [-0.2, -0.15) is 0 Å². The van der Waals surface area contributed by atoms with E-state index in [0.717, 1.165) is 64.1 Å². The quantitative estimate of drug-likeness (QED) is 0.294. The Labute approximate surface area is 239 Å². The minimum absolute atomic E-state index is 0.144. The molecule has 0 aromatic rings. The molecular formula is C34H60N2O3. The van der Waals surface area contributed by atoms with Crippen LogP contribution in [-0.2, 0) is 4.79 Å². The first-order valence-electron chi connectivity index (χ1n) is 16.9. The predicted octanol–water partition coefficient (Wildman–Crippen LogP) is 6.02. The molecule has 5 nitrogen and oxygen atoms in total. The van der Waals surface area contributed by atoms with E-state index in [-0.39, 0.29) is 12.2 Å². The maximum atomic E-state index is 11.9. The zero-order valence-corrected chi connectivity index (χ0v) is 25.8. The maximum Gasteiger partial charge on any atom is 0.222 e. The number of rotatable bonds is 10. The van der Waals surface area contributed by atoms with Crippen molar-refractivity contribution in [2.75, 3.05) is 19.6 Å². The van der Waals surface area contributed by atoms with Crippen molar-refractivity contribution >= 4 is 5.91 Å². The van der Waals surface area contributed by atoms with Gasteiger partial charge < -0.3 is 20.4 Å². The van der Waals surface area contributed by atoms with Gasteiger partial charge in [-0.25, -0.2) is 0 Å². The summed E-state index contributed by atoms with van der Waals surface area (Å²) < 4.78 is 0. The summed E-state index contributed by atoms with van der Waals surface area (Å²) in [5.74, 6) is 4.50. The number of likely N-dealkylation sites (tertiary alicyclic amines) is 1. The largest absolute Gasteiger partial charge is 0.393 e. The van der Waals surface area contributed by atoms with E-state index < -0.39 is 0 Å². The van der Waals surface area contributed by atoms with E-state index in [2.05, 4.69) is 39.9 Å². The summed E-state index contributed by atoms with van der Waals surface area (Å²) in [6.45, 7) is 14.7. The molecule has 0 aromatic carbocycles. The van der Waals surface area contributed by atoms with Crippen LogP contribution in [0.15, 0.2) is 0 Å². The number of carbonyl (C=O) groups is 1. The smallest absolute Gasteiger partial charge is 0.222 e. The number of nitrogens with zero attached hydrogens (tertiary/aromatic N) is 1. The Morgan fingerprint density at radius 1 is 1.00 bits per heavy atom. The van der Waals surface area contributed by atoms with Crippen LogP contribution < -0.4 is 5.32 Å². The Morgan fingerprint density at radius 3 is 2.46 bits per heavy atom. The highest BCUT2D eigenvalue weighted by atomic mass is 16.3. The van der Waals surface area contributed by atoms with E-state index in [4.69, 9.17) is 0 Å². The first kappa shape index (κ1) is 29.8. The number of amides is 1. The van der Waals surface area contributed by atoms with Crippen LogP contribution >= 0.6 is 0 Å². The van der Waals surface area contributed by atoms with Crippen LogP contribution in [0, 0.1) is 52.3 Å². The standard InChI is InChI=1S/C34H60N2O3/c1-22(2)29(37)12-9-23(3)26-10-11-27-32-28(14-16-34(26,27)5)33(4)15-13-25(20-24(33)21-30(32)38)35-17-7-19-36-18-6-8-31(36)39/h22-30,32,35,37-38H,6-21H2,1-5H3. The van der Waals surface area contributed by atoms with Crippen LogP contribution in [0.1, 0.15) is 118 Å². The number of aliphatic hydroxyl groups excluding tert-OH is 2. The Bertz CT molecular complexity index is 848. The number of carbonyl (C=O) groups excluding carboxylic acids is 1. The molecule has 5 fully saturated rings. The van der Waals surface area contributed by atoms with Crippen LogP contribution in [0.4, 0.5) is 0 Å². The van der Waals surface area contributed by atoms with Crippen LogP contribution in [0.25, 0.3) is 0 Å². The van der Waals surface area contributed by atoms with Gasteiger partial charge in [0, 0.05) is 25.6 Å². The van der Waals surface area contributed by atoms with Gasteiger partial charge in [-0.05, 0) is 136 Å². The molecule has 1 amide bonds. The van der Waals surface area contributed by atoms with Crippen molar-refractivity contribution < 1.29 is 15.0 Å². The third-order valence-corrected chi connectivity index (χ3v) is 13.3. The summed E-state index contributed by atoms with van der Waals surface area (Å²) >= 11 is 0. The van der Waals surface area contributed by atoms with Crippen LogP contribution in [0.3, 0.4) is 0 Å². The van der Waals surface area contributed by atoms with Gasteiger partial charge in [0.05, 0.1) is 12.2 Å². The second-order valence-electron chi connectivity index (χ2n) is 15.7. The molecule has 11 atom stereocenters. The molecule has 11 unspecified atom stereocenters. The second kappa shape index (κ2) is 11.9. The van der Waals surface area contributed by atoms with Gasteiger partial charge in [-0.1, -0.05) is 34.6 Å². The highest BCUT2D eigenvalue weighted by Gasteiger charge is 2.62. The maximum absolute atomic E-state index is 11.9. The van der Waals surface area contributed by atoms with Gasteiger partial charge in [-0.3, -0.25) is 4.79 Å². The van der Waals surface area contributed by atoms with Gasteiger partial charge in [0.25, 0.3) is 0 Å². The third kappa shape index (κ3) is 5.72. The molecule has 5 aliphatic rings. The van der Waals surface area contributed by atoms with Crippen LogP contribution in [0.5, 0.6) is 0 Å². The number of nitrogens with one attached hydrogen (secondary N) is 1. The Morgan fingerprint density at radius 2 is 1.74 bits per heavy atom. The molecule has 0 spiro atoms. The molecule has 4 aliphatic carbocycles. The summed E-state index contributed by atoms with van der Waals surface area (Å²) in [5.41, 5.74) is 0.722. The fourth-order valence-electron chi connectivity index (χ4n) is 10.9. The molecule has 4 saturated carbocycles. The molecule has 0 bridgehead atoms. The van der Waals surface area contributed by atoms with Gasteiger partial charge in [0.1, 0.15) is 0 Å². The lowest BCUT2D eigenvalue weighted by molar-refractivity contribution is -0.167. The Hall–Kier alpha value is -0.650. The van der Waals surface area contributed by atoms with Crippen molar-refractivity contribution in [3.8, 4) is 0 Å². The van der Waals surface area contributed by atoms with Crippen molar-refractivity contribution in [2.45, 2.75) is 136 Å². The van der Waals surface area contributed by atoms with Crippen molar-refractivity contribution in [2.24, 2.45) is 52.3 Å². The molecule has 1 saturated heterocycles. The van der Waals surface area contributed by atoms with E-state index in [1.807, 2.05) is 4.90 Å². The molecule has 0 radical (unpaired) electrons. The Balaban J connectivity index is 1.17. The van der Waals surface area contributed by atoms with Gasteiger partial charge >= 0.3 is 0 Å². The molecule has 5 rings (SSSR count). The molecule has 5 heteroatoms. The highest BCUT2D eigenvalue weighted by molar-refractivity contribution is 5.77. The zero-order chi connectivity index (χ0) is 27.9. The van der Waals surface area contributed by atoms with E-state index in [1.54, 1.807) is 0 Å². The molecule has 1 heterocycles. The molecule has 3 N–H and O–H groups in total. The fourth-order valence-corrected chi connectivity index (χ4v) is 10.9. The lowest BCUT2D eigenvalue weighted by atomic mass is 9.43. The van der Waals surface area contributed by atoms with Crippen LogP contribution in [0.2, 0.25) is 0 Å². The van der Waals surface area contributed by atoms with E-state index in [0.29, 0.717) is 58.3 Å². The van der Waals surface area contributed by atoms with Gasteiger partial charge in [0.2, 0.25) is 5.91 Å². The van der Waals surface area contributed by atoms with E-state index >= 15 is 0 Å². The normalized spacial score (nSPS) is 43.7. The summed E-state index contributed by atoms with van der Waals surface area (Å²) in [6, 6.07) is 0.563. The molecule has 0 aromatic heterocycles. The van der Waals surface area contributed by atoms with Crippen molar-refractivity contribution in [3.63, 3.8) is 0 Å². The lowest BCUT2D eigenvalue weighted by Gasteiger charge is -2.62. The Kier molecular flexibility index (Phi) is 9.12. The van der Waals surface area contributed by atoms with Crippen molar-refractivity contribution in [3.05, 3.63) is 0 Å². The summed E-state index contributed by atoms with van der Waals surface area (Å²) in [6.07, 6.45) is 14.5. The molecule has 1 aliphatic heterocycles. The van der Waals surface area contributed by atoms with Crippen LogP contribution in [-0.4, -0.2) is 58.9 Å². The minimum Gasteiger partial charge on any atom is -0.393 e. The van der Waals surface area contributed by atoms with Gasteiger partial charge in [-0.15, -0.1) is 0 Å². The second-order valence-corrected chi connectivity index (χ2v) is 15.7. The lowest BCUT2D eigenvalue weighted by Crippen LogP contribution is -2.59. The number of aliphatic hydroxyl groups is 2. The molecule has 39 heavy (non-hydrogen) atoms. The first-order chi connectivity index (χ1) is 18.5. The number of hydrogen-bond acceptors (Lipinski definition) is 4. The topological polar surface area (TPSA) is 72.8 Å². The fraction of sp³-hybridized carbons (Fsp3) is 0.971. The predicted molar refractivity (Wildman–Crippen MR) is 158 cm³/mol. The highest BCUT2D eigenvalue weighted by Crippen LogP contribution is 2.68. The van der Waals surface area contributed by atoms with E-state index in [9.17, 15) is 15.0 Å². The summed E-state index contributed by atoms with van der Waals surface area (Å²) in [7, 11) is 0. The molecule has 224 valence electrons. The minimum atomic E-state index is -0.177. The SMILES string of the molecule is CC(C)C(O)CCC(C)C1CCC2C3C(O)CC4CC(NCCCN5CCCC5=O)CCC4(C)C3CCC12C. The number of fused-ring (bicyclic) bond motifs is 5. The average Bonchev–Trinajstić information content (AvgIpc) is 3.47. The first-order valence-corrected chi connectivity index (χ1v) is 16.9. The summed E-state index contributed by atoms with van der Waals surface area (Å²) in [4.78, 5) is 13.9. The van der Waals surface area contributed by atoms with E-state index in [1.165, 1.54) is 44.9 Å².